The van der Waals surface area contributed by atoms with Gasteiger partial charge in [-0.05, 0) is 31.5 Å². The Bertz CT molecular complexity index is 517. The summed E-state index contributed by atoms with van der Waals surface area (Å²) in [6.07, 6.45) is 0. The predicted octanol–water partition coefficient (Wildman–Crippen LogP) is 1.90. The van der Waals surface area contributed by atoms with Crippen LogP contribution in [0.15, 0.2) is 28.8 Å². The van der Waals surface area contributed by atoms with Crippen LogP contribution in [0.4, 0.5) is 0 Å². The molecule has 0 atom stereocenters. The molecule has 0 radical (unpaired) electrons. The Morgan fingerprint density at radius 1 is 1.28 bits per heavy atom. The number of rotatable bonds is 4. The van der Waals surface area contributed by atoms with E-state index < -0.39 is 5.41 Å². The van der Waals surface area contributed by atoms with Crippen LogP contribution in [0.3, 0.4) is 0 Å². The quantitative estimate of drug-likeness (QED) is 0.894. The fourth-order valence-corrected chi connectivity index (χ4v) is 1.70. The van der Waals surface area contributed by atoms with Crippen LogP contribution in [0, 0.1) is 0 Å². The van der Waals surface area contributed by atoms with Gasteiger partial charge in [-0.25, -0.2) is 0 Å². The number of methoxy groups -OCH3 is 1. The Hall–Kier alpha value is -1.88. The van der Waals surface area contributed by atoms with E-state index >= 15 is 0 Å². The molecule has 0 saturated carbocycles. The summed E-state index contributed by atoms with van der Waals surface area (Å²) >= 11 is 0. The third-order valence-corrected chi connectivity index (χ3v) is 2.96. The molecule has 18 heavy (non-hydrogen) atoms. The molecular weight excluding hydrogens is 232 g/mol. The van der Waals surface area contributed by atoms with Gasteiger partial charge in [0.1, 0.15) is 12.4 Å². The van der Waals surface area contributed by atoms with Gasteiger partial charge in [-0.2, -0.15) is 4.98 Å². The molecule has 1 N–H and O–H groups in total. The molecule has 0 unspecified atom stereocenters. The Kier molecular flexibility index (Phi) is 3.34. The number of aliphatic hydroxyl groups is 1. The highest BCUT2D eigenvalue weighted by atomic mass is 16.5. The smallest absolute Gasteiger partial charge is 0.236 e. The maximum Gasteiger partial charge on any atom is 0.236 e. The fraction of sp³-hybridized carbons (Fsp3) is 0.385. The molecule has 0 saturated heterocycles. The van der Waals surface area contributed by atoms with E-state index in [1.165, 1.54) is 0 Å². The second-order valence-corrected chi connectivity index (χ2v) is 4.53. The summed E-state index contributed by atoms with van der Waals surface area (Å²) in [7, 11) is 1.63. The van der Waals surface area contributed by atoms with Gasteiger partial charge in [0.15, 0.2) is 5.82 Å². The van der Waals surface area contributed by atoms with Crippen LogP contribution in [0.1, 0.15) is 31.1 Å². The van der Waals surface area contributed by atoms with E-state index in [1.54, 1.807) is 7.11 Å². The van der Waals surface area contributed by atoms with Gasteiger partial charge < -0.3 is 14.4 Å². The van der Waals surface area contributed by atoms with Gasteiger partial charge in [0, 0.05) is 0 Å². The van der Waals surface area contributed by atoms with Gasteiger partial charge in [-0.1, -0.05) is 17.3 Å². The average Bonchev–Trinajstić information content (AvgIpc) is 2.88. The van der Waals surface area contributed by atoms with E-state index in [0.717, 1.165) is 11.3 Å². The largest absolute Gasteiger partial charge is 0.497 e. The number of hydrogen-bond donors (Lipinski definition) is 1. The van der Waals surface area contributed by atoms with E-state index in [0.29, 0.717) is 11.7 Å². The lowest BCUT2D eigenvalue weighted by atomic mass is 9.84. The standard InChI is InChI=1S/C13H16N2O3/c1-13(2,12-14-11(8-16)15-18-12)9-4-6-10(17-3)7-5-9/h4-7,16H,8H2,1-3H3. The number of benzene rings is 1. The Labute approximate surface area is 105 Å². The van der Waals surface area contributed by atoms with Gasteiger partial charge in [0.25, 0.3) is 0 Å². The summed E-state index contributed by atoms with van der Waals surface area (Å²) in [5, 5.41) is 12.7. The molecule has 2 rings (SSSR count). The zero-order valence-electron chi connectivity index (χ0n) is 10.7. The van der Waals surface area contributed by atoms with Gasteiger partial charge >= 0.3 is 0 Å². The van der Waals surface area contributed by atoms with Crippen LogP contribution in [-0.2, 0) is 12.0 Å². The second kappa shape index (κ2) is 4.78. The summed E-state index contributed by atoms with van der Waals surface area (Å²) in [4.78, 5) is 4.16. The number of hydrogen-bond acceptors (Lipinski definition) is 5. The molecule has 1 aromatic heterocycles. The number of aromatic nitrogens is 2. The van der Waals surface area contributed by atoms with E-state index in [-0.39, 0.29) is 6.61 Å². The third kappa shape index (κ3) is 2.22. The van der Waals surface area contributed by atoms with Gasteiger partial charge in [-0.15, -0.1) is 0 Å². The van der Waals surface area contributed by atoms with E-state index in [2.05, 4.69) is 10.1 Å². The van der Waals surface area contributed by atoms with Crippen molar-refractivity contribution in [2.45, 2.75) is 25.9 Å². The van der Waals surface area contributed by atoms with Crippen molar-refractivity contribution in [3.63, 3.8) is 0 Å². The first-order valence-electron chi connectivity index (χ1n) is 5.66. The molecule has 0 aliphatic heterocycles. The van der Waals surface area contributed by atoms with Crippen LogP contribution < -0.4 is 4.74 Å². The highest BCUT2D eigenvalue weighted by Crippen LogP contribution is 2.31. The molecule has 1 heterocycles. The molecule has 96 valence electrons. The van der Waals surface area contributed by atoms with Crippen molar-refractivity contribution in [3.05, 3.63) is 41.5 Å². The van der Waals surface area contributed by atoms with Crippen LogP contribution in [-0.4, -0.2) is 22.4 Å². The molecule has 0 fully saturated rings. The Balaban J connectivity index is 2.33. The van der Waals surface area contributed by atoms with E-state index in [9.17, 15) is 0 Å². The topological polar surface area (TPSA) is 68.4 Å². The minimum atomic E-state index is -0.410. The lowest BCUT2D eigenvalue weighted by Crippen LogP contribution is -2.19. The van der Waals surface area contributed by atoms with Crippen molar-refractivity contribution >= 4 is 0 Å². The highest BCUT2D eigenvalue weighted by Gasteiger charge is 2.29. The molecule has 5 heteroatoms. The van der Waals surface area contributed by atoms with Crippen molar-refractivity contribution < 1.29 is 14.4 Å². The maximum atomic E-state index is 8.95. The lowest BCUT2D eigenvalue weighted by Gasteiger charge is -2.20. The minimum Gasteiger partial charge on any atom is -0.497 e. The SMILES string of the molecule is COc1ccc(C(C)(C)c2nc(CO)no2)cc1. The normalized spacial score (nSPS) is 11.6. The van der Waals surface area contributed by atoms with Crippen molar-refractivity contribution in [1.29, 1.82) is 0 Å². The lowest BCUT2D eigenvalue weighted by molar-refractivity contribution is 0.261. The average molecular weight is 248 g/mol. The van der Waals surface area contributed by atoms with Gasteiger partial charge in [-0.3, -0.25) is 0 Å². The Morgan fingerprint density at radius 3 is 2.44 bits per heavy atom. The molecule has 1 aromatic carbocycles. The van der Waals surface area contributed by atoms with Crippen molar-refractivity contribution in [1.82, 2.24) is 10.1 Å². The second-order valence-electron chi connectivity index (χ2n) is 4.53. The number of ether oxygens (including phenoxy) is 1. The predicted molar refractivity (Wildman–Crippen MR) is 65.3 cm³/mol. The molecule has 2 aromatic rings. The van der Waals surface area contributed by atoms with E-state index in [1.807, 2.05) is 38.1 Å². The summed E-state index contributed by atoms with van der Waals surface area (Å²) in [5.41, 5.74) is 0.628. The molecular formula is C13H16N2O3. The zero-order chi connectivity index (χ0) is 13.2. The van der Waals surface area contributed by atoms with Crippen LogP contribution in [0.2, 0.25) is 0 Å². The minimum absolute atomic E-state index is 0.220. The molecule has 0 aliphatic rings. The van der Waals surface area contributed by atoms with Crippen molar-refractivity contribution in [2.24, 2.45) is 0 Å². The maximum absolute atomic E-state index is 8.95. The van der Waals surface area contributed by atoms with Crippen LogP contribution >= 0.6 is 0 Å². The first-order valence-corrected chi connectivity index (χ1v) is 5.66. The van der Waals surface area contributed by atoms with Gasteiger partial charge in [0.05, 0.1) is 12.5 Å². The molecule has 0 spiro atoms. The van der Waals surface area contributed by atoms with E-state index in [4.69, 9.17) is 14.4 Å². The Morgan fingerprint density at radius 2 is 1.94 bits per heavy atom. The summed E-state index contributed by atoms with van der Waals surface area (Å²) in [6.45, 7) is 3.76. The third-order valence-electron chi connectivity index (χ3n) is 2.96. The monoisotopic (exact) mass is 248 g/mol. The molecule has 0 amide bonds. The zero-order valence-corrected chi connectivity index (χ0v) is 10.7. The first kappa shape index (κ1) is 12.6. The first-order chi connectivity index (χ1) is 8.57. The van der Waals surface area contributed by atoms with Gasteiger partial charge in [0.2, 0.25) is 5.89 Å². The summed E-state index contributed by atoms with van der Waals surface area (Å²) in [5.74, 6) is 1.58. The van der Waals surface area contributed by atoms with Crippen molar-refractivity contribution in [3.8, 4) is 5.75 Å². The molecule has 5 nitrogen and oxygen atoms in total. The summed E-state index contributed by atoms with van der Waals surface area (Å²) < 4.78 is 10.3. The summed E-state index contributed by atoms with van der Waals surface area (Å²) in [6, 6.07) is 7.70. The molecule has 0 aliphatic carbocycles. The highest BCUT2D eigenvalue weighted by molar-refractivity contribution is 5.34. The van der Waals surface area contributed by atoms with Crippen LogP contribution in [0.25, 0.3) is 0 Å². The van der Waals surface area contributed by atoms with Crippen LogP contribution in [0.5, 0.6) is 5.75 Å². The van der Waals surface area contributed by atoms with Crippen molar-refractivity contribution in [2.75, 3.05) is 7.11 Å². The number of nitrogens with zero attached hydrogens (tertiary/aromatic N) is 2. The fourth-order valence-electron chi connectivity index (χ4n) is 1.70. The number of aliphatic hydroxyl groups excluding tert-OH is 1. The molecule has 0 bridgehead atoms.